The number of ether oxygens (including phenoxy) is 1. The van der Waals surface area contributed by atoms with Gasteiger partial charge in [-0.1, -0.05) is 55.7 Å². The van der Waals surface area contributed by atoms with Gasteiger partial charge in [-0.25, -0.2) is 4.98 Å². The Bertz CT molecular complexity index is 804. The van der Waals surface area contributed by atoms with Crippen molar-refractivity contribution in [2.75, 3.05) is 0 Å². The standard InChI is InChI=1S/C22H23NO/c1-2-6-17(7-3-1)18-11-14-21(15-12-18)24-16-20-13-10-19-8-4-5-9-22(19)23-20/h4-5,8-15,17H,1-3,6-7,16H2. The fourth-order valence-electron chi connectivity index (χ4n) is 3.62. The van der Waals surface area contributed by atoms with Crippen LogP contribution in [-0.2, 0) is 6.61 Å². The van der Waals surface area contributed by atoms with E-state index in [4.69, 9.17) is 4.74 Å². The second kappa shape index (κ2) is 7.04. The molecule has 0 saturated heterocycles. The van der Waals surface area contributed by atoms with Crippen LogP contribution in [0.1, 0.15) is 49.3 Å². The first-order chi connectivity index (χ1) is 11.9. The molecule has 0 unspecified atom stereocenters. The maximum absolute atomic E-state index is 5.92. The van der Waals surface area contributed by atoms with Crippen molar-refractivity contribution in [1.29, 1.82) is 0 Å². The van der Waals surface area contributed by atoms with Crippen molar-refractivity contribution in [2.24, 2.45) is 0 Å². The quantitative estimate of drug-likeness (QED) is 0.601. The highest BCUT2D eigenvalue weighted by atomic mass is 16.5. The van der Waals surface area contributed by atoms with Gasteiger partial charge >= 0.3 is 0 Å². The molecule has 2 heteroatoms. The molecule has 0 N–H and O–H groups in total. The summed E-state index contributed by atoms with van der Waals surface area (Å²) >= 11 is 0. The number of hydrogen-bond donors (Lipinski definition) is 0. The van der Waals surface area contributed by atoms with Crippen molar-refractivity contribution in [2.45, 2.75) is 44.6 Å². The van der Waals surface area contributed by atoms with Gasteiger partial charge < -0.3 is 4.74 Å². The van der Waals surface area contributed by atoms with Gasteiger partial charge in [-0.2, -0.15) is 0 Å². The minimum Gasteiger partial charge on any atom is -0.487 e. The first-order valence-corrected chi connectivity index (χ1v) is 8.96. The molecule has 4 rings (SSSR count). The summed E-state index contributed by atoms with van der Waals surface area (Å²) in [5.74, 6) is 1.67. The molecule has 24 heavy (non-hydrogen) atoms. The third-order valence-electron chi connectivity index (χ3n) is 5.00. The molecule has 1 saturated carbocycles. The van der Waals surface area contributed by atoms with Crippen LogP contribution in [-0.4, -0.2) is 4.98 Å². The fourth-order valence-corrected chi connectivity index (χ4v) is 3.62. The van der Waals surface area contributed by atoms with Crippen LogP contribution in [0.5, 0.6) is 5.75 Å². The monoisotopic (exact) mass is 317 g/mol. The summed E-state index contributed by atoms with van der Waals surface area (Å²) < 4.78 is 5.92. The SMILES string of the molecule is c1ccc2nc(COc3ccc(C4CCCCC4)cc3)ccc2c1. The van der Waals surface area contributed by atoms with Crippen molar-refractivity contribution in [3.63, 3.8) is 0 Å². The Morgan fingerprint density at radius 2 is 1.62 bits per heavy atom. The lowest BCUT2D eigenvalue weighted by atomic mass is 9.84. The average Bonchev–Trinajstić information content (AvgIpc) is 2.67. The van der Waals surface area contributed by atoms with E-state index in [2.05, 4.69) is 41.4 Å². The molecule has 0 bridgehead atoms. The number of para-hydroxylation sites is 1. The lowest BCUT2D eigenvalue weighted by Gasteiger charge is -2.22. The van der Waals surface area contributed by atoms with Crippen molar-refractivity contribution in [1.82, 2.24) is 4.98 Å². The van der Waals surface area contributed by atoms with Crippen LogP contribution >= 0.6 is 0 Å². The van der Waals surface area contributed by atoms with Crippen molar-refractivity contribution in [3.05, 3.63) is 71.9 Å². The number of fused-ring (bicyclic) bond motifs is 1. The summed E-state index contributed by atoms with van der Waals surface area (Å²) in [5, 5.41) is 1.16. The zero-order chi connectivity index (χ0) is 16.2. The molecular formula is C22H23NO. The molecule has 0 atom stereocenters. The molecule has 1 heterocycles. The van der Waals surface area contributed by atoms with Gasteiger partial charge in [0.2, 0.25) is 0 Å². The van der Waals surface area contributed by atoms with Crippen molar-refractivity contribution in [3.8, 4) is 5.75 Å². The molecule has 1 aromatic heterocycles. The molecule has 2 aromatic carbocycles. The molecule has 0 amide bonds. The highest BCUT2D eigenvalue weighted by Gasteiger charge is 2.15. The van der Waals surface area contributed by atoms with Crippen LogP contribution in [0.3, 0.4) is 0 Å². The van der Waals surface area contributed by atoms with Crippen molar-refractivity contribution < 1.29 is 4.74 Å². The molecule has 1 aliphatic rings. The van der Waals surface area contributed by atoms with E-state index < -0.39 is 0 Å². The van der Waals surface area contributed by atoms with Crippen LogP contribution in [0.25, 0.3) is 10.9 Å². The average molecular weight is 317 g/mol. The van der Waals surface area contributed by atoms with Crippen LogP contribution in [0, 0.1) is 0 Å². The molecule has 0 spiro atoms. The van der Waals surface area contributed by atoms with E-state index >= 15 is 0 Å². The van der Waals surface area contributed by atoms with Gasteiger partial charge in [-0.3, -0.25) is 0 Å². The molecule has 2 nitrogen and oxygen atoms in total. The second-order valence-corrected chi connectivity index (χ2v) is 6.69. The highest BCUT2D eigenvalue weighted by molar-refractivity contribution is 5.78. The Morgan fingerprint density at radius 1 is 0.833 bits per heavy atom. The largest absolute Gasteiger partial charge is 0.487 e. The summed E-state index contributed by atoms with van der Waals surface area (Å²) in [7, 11) is 0. The number of aromatic nitrogens is 1. The Labute approximate surface area is 143 Å². The molecule has 0 aliphatic heterocycles. The lowest BCUT2D eigenvalue weighted by molar-refractivity contribution is 0.301. The summed E-state index contributed by atoms with van der Waals surface area (Å²) in [5.41, 5.74) is 3.45. The Balaban J connectivity index is 1.41. The fraction of sp³-hybridized carbons (Fsp3) is 0.318. The van der Waals surface area contributed by atoms with Gasteiger partial charge in [0.15, 0.2) is 0 Å². The van der Waals surface area contributed by atoms with E-state index in [0.717, 1.165) is 28.3 Å². The Morgan fingerprint density at radius 3 is 2.46 bits per heavy atom. The van der Waals surface area contributed by atoms with Gasteiger partial charge in [-0.05, 0) is 48.6 Å². The van der Waals surface area contributed by atoms with Gasteiger partial charge in [0.1, 0.15) is 12.4 Å². The molecule has 3 aromatic rings. The summed E-state index contributed by atoms with van der Waals surface area (Å²) in [4.78, 5) is 4.66. The highest BCUT2D eigenvalue weighted by Crippen LogP contribution is 2.33. The predicted octanol–water partition coefficient (Wildman–Crippen LogP) is 5.86. The van der Waals surface area contributed by atoms with Crippen LogP contribution in [0.2, 0.25) is 0 Å². The van der Waals surface area contributed by atoms with Crippen molar-refractivity contribution >= 4 is 10.9 Å². The van der Waals surface area contributed by atoms with E-state index in [1.807, 2.05) is 24.3 Å². The minimum absolute atomic E-state index is 0.508. The molecule has 0 radical (unpaired) electrons. The van der Waals surface area contributed by atoms with Gasteiger partial charge in [0.05, 0.1) is 11.2 Å². The second-order valence-electron chi connectivity index (χ2n) is 6.69. The Hall–Kier alpha value is -2.35. The molecule has 1 fully saturated rings. The minimum atomic E-state index is 0.508. The van der Waals surface area contributed by atoms with E-state index in [1.165, 1.54) is 37.7 Å². The van der Waals surface area contributed by atoms with E-state index in [1.54, 1.807) is 0 Å². The lowest BCUT2D eigenvalue weighted by Crippen LogP contribution is -2.04. The zero-order valence-electron chi connectivity index (χ0n) is 13.9. The maximum Gasteiger partial charge on any atom is 0.130 e. The summed E-state index contributed by atoms with van der Waals surface area (Å²) in [6.07, 6.45) is 6.81. The Kier molecular flexibility index (Phi) is 4.46. The molecule has 1 aliphatic carbocycles. The van der Waals surface area contributed by atoms with Gasteiger partial charge in [0.25, 0.3) is 0 Å². The van der Waals surface area contributed by atoms with E-state index in [0.29, 0.717) is 6.61 Å². The number of pyridine rings is 1. The number of benzene rings is 2. The van der Waals surface area contributed by atoms with Crippen LogP contribution in [0.15, 0.2) is 60.7 Å². The number of hydrogen-bond acceptors (Lipinski definition) is 2. The third kappa shape index (κ3) is 3.43. The first-order valence-electron chi connectivity index (χ1n) is 8.96. The first kappa shape index (κ1) is 15.2. The number of rotatable bonds is 4. The van der Waals surface area contributed by atoms with Crippen LogP contribution in [0.4, 0.5) is 0 Å². The van der Waals surface area contributed by atoms with E-state index in [9.17, 15) is 0 Å². The maximum atomic E-state index is 5.92. The summed E-state index contributed by atoms with van der Waals surface area (Å²) in [6, 6.07) is 21.0. The normalized spacial score (nSPS) is 15.5. The van der Waals surface area contributed by atoms with Gasteiger partial charge in [-0.15, -0.1) is 0 Å². The summed E-state index contributed by atoms with van der Waals surface area (Å²) in [6.45, 7) is 0.508. The van der Waals surface area contributed by atoms with Gasteiger partial charge in [0, 0.05) is 5.39 Å². The predicted molar refractivity (Wildman–Crippen MR) is 98.3 cm³/mol. The van der Waals surface area contributed by atoms with E-state index in [-0.39, 0.29) is 0 Å². The third-order valence-corrected chi connectivity index (χ3v) is 5.00. The number of nitrogens with zero attached hydrogens (tertiary/aromatic N) is 1. The van der Waals surface area contributed by atoms with Crippen LogP contribution < -0.4 is 4.74 Å². The topological polar surface area (TPSA) is 22.1 Å². The molecular weight excluding hydrogens is 294 g/mol. The smallest absolute Gasteiger partial charge is 0.130 e. The molecule has 122 valence electrons. The zero-order valence-corrected chi connectivity index (χ0v) is 13.9.